The number of fused-ring (bicyclic) bond motifs is 1. The fourth-order valence-electron chi connectivity index (χ4n) is 1.66. The number of aliphatic hydroxyl groups is 1. The zero-order valence-corrected chi connectivity index (χ0v) is 11.3. The van der Waals surface area contributed by atoms with Crippen LogP contribution in [0.5, 0.6) is 0 Å². The smallest absolute Gasteiger partial charge is 0.479 e. The minimum Gasteiger partial charge on any atom is -0.479 e. The number of carboxylic acids is 1. The van der Waals surface area contributed by atoms with E-state index in [0.717, 1.165) is 0 Å². The average Bonchev–Trinajstić information content (AvgIpc) is 2.39. The van der Waals surface area contributed by atoms with Gasteiger partial charge in [-0.05, 0) is 6.08 Å². The predicted octanol–water partition coefficient (Wildman–Crippen LogP) is -4.09. The molecule has 0 bridgehead atoms. The maximum atomic E-state index is 11.1. The van der Waals surface area contributed by atoms with Crippen LogP contribution in [-0.2, 0) is 14.3 Å². The molecule has 0 aromatic heterocycles. The van der Waals surface area contributed by atoms with Gasteiger partial charge in [0.25, 0.3) is 0 Å². The summed E-state index contributed by atoms with van der Waals surface area (Å²) in [6.07, 6.45) is 1.03. The van der Waals surface area contributed by atoms with Crippen LogP contribution >= 0.6 is 0 Å². The van der Waals surface area contributed by atoms with Crippen LogP contribution in [0.25, 0.3) is 0 Å². The van der Waals surface area contributed by atoms with Crippen molar-refractivity contribution in [3.63, 3.8) is 0 Å². The van der Waals surface area contributed by atoms with Gasteiger partial charge in [0.05, 0.1) is 13.0 Å². The van der Waals surface area contributed by atoms with E-state index in [1.165, 1.54) is 11.0 Å². The molecular formula is C8H9KNO5+. The molecule has 2 heterocycles. The summed E-state index contributed by atoms with van der Waals surface area (Å²) < 4.78 is 5.17. The summed E-state index contributed by atoms with van der Waals surface area (Å²) in [4.78, 5) is 23.1. The van der Waals surface area contributed by atoms with Crippen molar-refractivity contribution in [3.05, 3.63) is 11.8 Å². The molecule has 15 heavy (non-hydrogen) atoms. The van der Waals surface area contributed by atoms with Gasteiger partial charge < -0.3 is 14.9 Å². The summed E-state index contributed by atoms with van der Waals surface area (Å²) >= 11 is 0. The number of hydrogen-bond acceptors (Lipinski definition) is 4. The molecule has 0 aliphatic carbocycles. The standard InChI is InChI=1S/C8H9NO5.K/c10-2-1-4-7(8(12)13)9-5(11)3-6(9)14-4;/h1,6-7,10H,2-3H2,(H,12,13);/q;+1/b4-1-;/t6-,7-;/m1./s1. The van der Waals surface area contributed by atoms with Crippen LogP contribution in [-0.4, -0.2) is 45.9 Å². The summed E-state index contributed by atoms with van der Waals surface area (Å²) in [5.41, 5.74) is 0. The van der Waals surface area contributed by atoms with Gasteiger partial charge in [-0.25, -0.2) is 4.79 Å². The van der Waals surface area contributed by atoms with E-state index in [2.05, 4.69) is 0 Å². The molecule has 0 radical (unpaired) electrons. The van der Waals surface area contributed by atoms with Crippen molar-refractivity contribution in [2.45, 2.75) is 18.7 Å². The van der Waals surface area contributed by atoms with E-state index in [0.29, 0.717) is 0 Å². The number of aliphatic carboxylic acids is 1. The molecule has 76 valence electrons. The van der Waals surface area contributed by atoms with E-state index < -0.39 is 18.2 Å². The third-order valence-corrected chi connectivity index (χ3v) is 2.29. The van der Waals surface area contributed by atoms with Gasteiger partial charge in [0.2, 0.25) is 5.91 Å². The molecule has 0 aromatic carbocycles. The Kier molecular flexibility index (Phi) is 4.33. The fourth-order valence-corrected chi connectivity index (χ4v) is 1.66. The second kappa shape index (κ2) is 4.94. The zero-order chi connectivity index (χ0) is 10.3. The molecule has 2 aliphatic rings. The number of ether oxygens (including phenoxy) is 1. The van der Waals surface area contributed by atoms with Gasteiger partial charge in [0, 0.05) is 0 Å². The average molecular weight is 238 g/mol. The van der Waals surface area contributed by atoms with Crippen LogP contribution in [0.2, 0.25) is 0 Å². The van der Waals surface area contributed by atoms with E-state index in [9.17, 15) is 9.59 Å². The van der Waals surface area contributed by atoms with Gasteiger partial charge in [0.1, 0.15) is 5.76 Å². The number of β-lactam (4-membered cyclic amide) rings is 1. The quantitative estimate of drug-likeness (QED) is 0.377. The monoisotopic (exact) mass is 238 g/mol. The van der Waals surface area contributed by atoms with Gasteiger partial charge in [-0.2, -0.15) is 0 Å². The van der Waals surface area contributed by atoms with Crippen LogP contribution in [0.4, 0.5) is 0 Å². The molecule has 2 atom stereocenters. The first kappa shape index (κ1) is 13.1. The third-order valence-electron chi connectivity index (χ3n) is 2.29. The Bertz CT molecular complexity index is 329. The number of aliphatic hydroxyl groups excluding tert-OH is 1. The molecule has 0 unspecified atom stereocenters. The van der Waals surface area contributed by atoms with Crippen molar-refractivity contribution in [2.24, 2.45) is 0 Å². The van der Waals surface area contributed by atoms with Gasteiger partial charge in [-0.3, -0.25) is 9.69 Å². The summed E-state index contributed by atoms with van der Waals surface area (Å²) in [5, 5.41) is 17.5. The van der Waals surface area contributed by atoms with Crippen molar-refractivity contribution in [1.82, 2.24) is 4.90 Å². The molecule has 2 fully saturated rings. The van der Waals surface area contributed by atoms with Crippen molar-refractivity contribution < 1.29 is 75.9 Å². The minimum absolute atomic E-state index is 0. The maximum Gasteiger partial charge on any atom is 1.00 e. The molecule has 0 saturated carbocycles. The molecule has 1 amide bonds. The summed E-state index contributed by atoms with van der Waals surface area (Å²) in [5.74, 6) is -1.22. The molecule has 2 N–H and O–H groups in total. The first-order chi connectivity index (χ1) is 6.65. The molecule has 6 nitrogen and oxygen atoms in total. The number of hydrogen-bond donors (Lipinski definition) is 2. The maximum absolute atomic E-state index is 11.1. The third kappa shape index (κ3) is 2.13. The predicted molar refractivity (Wildman–Crippen MR) is 42.9 cm³/mol. The van der Waals surface area contributed by atoms with E-state index in [1.807, 2.05) is 0 Å². The topological polar surface area (TPSA) is 87.1 Å². The number of carbonyl (C=O) groups excluding carboxylic acids is 1. The van der Waals surface area contributed by atoms with Crippen LogP contribution in [0.15, 0.2) is 11.8 Å². The van der Waals surface area contributed by atoms with Crippen LogP contribution in [0, 0.1) is 0 Å². The number of carbonyl (C=O) groups is 2. The largest absolute Gasteiger partial charge is 1.00 e. The Balaban J connectivity index is 0.00000112. The van der Waals surface area contributed by atoms with E-state index in [-0.39, 0.29) is 76.1 Å². The fraction of sp³-hybridized carbons (Fsp3) is 0.500. The molecule has 2 rings (SSSR count). The van der Waals surface area contributed by atoms with Crippen molar-refractivity contribution in [2.75, 3.05) is 6.61 Å². The first-order valence-electron chi connectivity index (χ1n) is 4.16. The van der Waals surface area contributed by atoms with E-state index >= 15 is 0 Å². The Labute approximate surface area is 128 Å². The van der Waals surface area contributed by atoms with Gasteiger partial charge in [-0.1, -0.05) is 0 Å². The van der Waals surface area contributed by atoms with Gasteiger partial charge in [-0.15, -0.1) is 0 Å². The molecule has 0 spiro atoms. The van der Waals surface area contributed by atoms with Crippen LogP contribution in [0.1, 0.15) is 6.42 Å². The Hall–Kier alpha value is 0.0764. The Morgan fingerprint density at radius 1 is 1.67 bits per heavy atom. The molecular weight excluding hydrogens is 229 g/mol. The zero-order valence-electron chi connectivity index (χ0n) is 8.21. The summed E-state index contributed by atoms with van der Waals surface area (Å²) in [7, 11) is 0. The van der Waals surface area contributed by atoms with Crippen LogP contribution < -0.4 is 51.4 Å². The molecule has 2 saturated heterocycles. The Morgan fingerprint density at radius 2 is 2.33 bits per heavy atom. The normalized spacial score (nSPS) is 30.3. The Morgan fingerprint density at radius 3 is 2.80 bits per heavy atom. The number of nitrogens with zero attached hydrogens (tertiary/aromatic N) is 1. The second-order valence-corrected chi connectivity index (χ2v) is 3.11. The second-order valence-electron chi connectivity index (χ2n) is 3.11. The van der Waals surface area contributed by atoms with E-state index in [4.69, 9.17) is 14.9 Å². The molecule has 2 aliphatic heterocycles. The minimum atomic E-state index is -1.14. The number of amides is 1. The number of carboxylic acid groups (broad SMARTS) is 1. The van der Waals surface area contributed by atoms with Gasteiger partial charge in [0.15, 0.2) is 12.3 Å². The van der Waals surface area contributed by atoms with Crippen LogP contribution in [0.3, 0.4) is 0 Å². The number of rotatable bonds is 2. The van der Waals surface area contributed by atoms with E-state index in [1.54, 1.807) is 0 Å². The van der Waals surface area contributed by atoms with Crippen molar-refractivity contribution >= 4 is 11.9 Å². The molecule has 7 heteroatoms. The van der Waals surface area contributed by atoms with Crippen molar-refractivity contribution in [1.29, 1.82) is 0 Å². The van der Waals surface area contributed by atoms with Gasteiger partial charge >= 0.3 is 57.4 Å². The first-order valence-corrected chi connectivity index (χ1v) is 4.16. The van der Waals surface area contributed by atoms with Crippen molar-refractivity contribution in [3.8, 4) is 0 Å². The SMILES string of the molecule is O=C(O)[C@H]1/C(=C/CO)O[C@@H]2CC(=O)N21.[K+]. The summed E-state index contributed by atoms with van der Waals surface area (Å²) in [6, 6.07) is -1.06. The molecule has 0 aromatic rings. The summed E-state index contributed by atoms with van der Waals surface area (Å²) in [6.45, 7) is -0.298.